The van der Waals surface area contributed by atoms with Crippen LogP contribution in [0.3, 0.4) is 0 Å². The fraction of sp³-hybridized carbons (Fsp3) is 0.444. The lowest BCUT2D eigenvalue weighted by Crippen LogP contribution is -2.34. The lowest BCUT2D eigenvalue weighted by atomic mass is 9.80. The van der Waals surface area contributed by atoms with E-state index in [1.54, 1.807) is 23.3 Å². The van der Waals surface area contributed by atoms with Crippen LogP contribution in [0, 0.1) is 5.41 Å². The summed E-state index contributed by atoms with van der Waals surface area (Å²) in [5, 5.41) is 0. The van der Waals surface area contributed by atoms with Crippen LogP contribution < -0.4 is 14.2 Å². The zero-order valence-corrected chi connectivity index (χ0v) is 22.5. The van der Waals surface area contributed by atoms with E-state index in [0.717, 1.165) is 5.56 Å². The summed E-state index contributed by atoms with van der Waals surface area (Å²) in [5.41, 5.74) is 0.762. The van der Waals surface area contributed by atoms with Crippen LogP contribution in [0.5, 0.6) is 17.2 Å². The molecule has 1 amide bonds. The average molecular weight is 548 g/mol. The van der Waals surface area contributed by atoms with Gasteiger partial charge < -0.3 is 28.6 Å². The normalized spacial score (nSPS) is 20.9. The lowest BCUT2D eigenvalue weighted by molar-refractivity contribution is -0.0445. The van der Waals surface area contributed by atoms with E-state index in [0.29, 0.717) is 60.9 Å². The number of carbonyl (C=O) groups excluding carboxylic acids is 1. The van der Waals surface area contributed by atoms with Crippen molar-refractivity contribution in [2.24, 2.45) is 5.41 Å². The minimum atomic E-state index is -4.12. The Bertz CT molecular complexity index is 1250. The molecular weight excluding hydrogens is 514 g/mol. The molecule has 10 nitrogen and oxygen atoms in total. The molecule has 2 aliphatic rings. The molecule has 2 heterocycles. The highest BCUT2D eigenvalue weighted by molar-refractivity contribution is 7.85. The van der Waals surface area contributed by atoms with Crippen molar-refractivity contribution in [2.45, 2.75) is 32.0 Å². The van der Waals surface area contributed by atoms with Crippen LogP contribution in [0.4, 0.5) is 0 Å². The smallest absolute Gasteiger partial charge is 0.264 e. The molecular formula is C27H33NO9S. The van der Waals surface area contributed by atoms with Crippen LogP contribution in [0.2, 0.25) is 0 Å². The van der Waals surface area contributed by atoms with Crippen LogP contribution in [0.25, 0.3) is 0 Å². The van der Waals surface area contributed by atoms with Crippen LogP contribution in [-0.2, 0) is 26.0 Å². The molecule has 206 valence electrons. The monoisotopic (exact) mass is 547 g/mol. The number of benzene rings is 2. The van der Waals surface area contributed by atoms with E-state index in [1.807, 2.05) is 30.3 Å². The third-order valence-electron chi connectivity index (χ3n) is 6.96. The second-order valence-electron chi connectivity index (χ2n) is 9.42. The molecule has 2 unspecified atom stereocenters. The van der Waals surface area contributed by atoms with Crippen molar-refractivity contribution < 1.29 is 41.4 Å². The summed E-state index contributed by atoms with van der Waals surface area (Å²) in [4.78, 5) is 15.3. The van der Waals surface area contributed by atoms with Crippen molar-refractivity contribution in [2.75, 3.05) is 40.2 Å². The van der Waals surface area contributed by atoms with Gasteiger partial charge in [-0.05, 0) is 37.0 Å². The van der Waals surface area contributed by atoms with Crippen LogP contribution >= 0.6 is 0 Å². The highest BCUT2D eigenvalue weighted by Gasteiger charge is 2.47. The predicted molar refractivity (Wildman–Crippen MR) is 139 cm³/mol. The van der Waals surface area contributed by atoms with Gasteiger partial charge in [-0.2, -0.15) is 8.42 Å². The number of hydrogen-bond donors (Lipinski definition) is 1. The zero-order chi connectivity index (χ0) is 27.3. The fourth-order valence-corrected chi connectivity index (χ4v) is 5.54. The second-order valence-corrected chi connectivity index (χ2v) is 11.0. The molecule has 0 radical (unpaired) electrons. The van der Waals surface area contributed by atoms with Crippen molar-refractivity contribution in [1.29, 1.82) is 0 Å². The molecule has 1 N–H and O–H groups in total. The molecule has 2 aromatic carbocycles. The molecule has 1 fully saturated rings. The minimum Gasteiger partial charge on any atom is -0.493 e. The Morgan fingerprint density at radius 2 is 1.79 bits per heavy atom. The average Bonchev–Trinajstić information content (AvgIpc) is 3.55. The molecule has 4 rings (SSSR count). The summed E-state index contributed by atoms with van der Waals surface area (Å²) in [6.45, 7) is 0.715. The van der Waals surface area contributed by atoms with Gasteiger partial charge >= 0.3 is 0 Å². The minimum absolute atomic E-state index is 0.203. The van der Waals surface area contributed by atoms with Gasteiger partial charge in [0.2, 0.25) is 12.0 Å². The van der Waals surface area contributed by atoms with Crippen LogP contribution in [0.15, 0.2) is 54.5 Å². The van der Waals surface area contributed by atoms with E-state index in [4.69, 9.17) is 23.7 Å². The number of likely N-dealkylation sites (tertiary alicyclic amines) is 1. The van der Waals surface area contributed by atoms with Crippen LogP contribution in [0.1, 0.15) is 35.2 Å². The number of rotatable bonds is 11. The third kappa shape index (κ3) is 6.16. The molecule has 0 saturated carbocycles. The highest BCUT2D eigenvalue weighted by atomic mass is 32.2. The Hall–Kier alpha value is -3.44. The predicted octanol–water partition coefficient (Wildman–Crippen LogP) is 3.67. The lowest BCUT2D eigenvalue weighted by Gasteiger charge is -2.30. The quantitative estimate of drug-likeness (QED) is 0.420. The molecule has 1 saturated heterocycles. The molecule has 2 atom stereocenters. The topological polar surface area (TPSA) is 121 Å². The number of hydrogen-bond acceptors (Lipinski definition) is 8. The Labute approximate surface area is 222 Å². The van der Waals surface area contributed by atoms with Gasteiger partial charge in [0.1, 0.15) is 12.0 Å². The van der Waals surface area contributed by atoms with Crippen LogP contribution in [-0.4, -0.2) is 70.2 Å². The Kier molecular flexibility index (Phi) is 8.37. The standard InChI is InChI=1S/C27H33NO9S/c1-33-21-15-20(16-22(34-2)25(21)35-3)26(29)28-12-11-27(18-28,10-7-13-38(30,31)32)23-17-36-24(37-23)14-19-8-5-4-6-9-19/h4-6,8-9,15-17,24H,7,10-14,18H2,1-3H3,(H,30,31,32). The third-order valence-corrected chi connectivity index (χ3v) is 7.77. The molecule has 11 heteroatoms. The first kappa shape index (κ1) is 27.6. The van der Waals surface area contributed by atoms with E-state index >= 15 is 0 Å². The number of methoxy groups -OCH3 is 3. The van der Waals surface area contributed by atoms with Gasteiger partial charge in [-0.25, -0.2) is 0 Å². The fourth-order valence-electron chi connectivity index (χ4n) is 5.04. The SMILES string of the molecule is COc1cc(C(=O)N2CCC(CCCS(=O)(=O)O)(C3=COC(Cc4ccccc4)O3)C2)cc(OC)c1OC. The van der Waals surface area contributed by atoms with E-state index in [9.17, 15) is 17.8 Å². The summed E-state index contributed by atoms with van der Waals surface area (Å²) in [5.74, 6) is 1.09. The van der Waals surface area contributed by atoms with Gasteiger partial charge in [0.05, 0.1) is 32.5 Å². The molecule has 2 aromatic rings. The maximum Gasteiger partial charge on any atom is 0.264 e. The highest BCUT2D eigenvalue weighted by Crippen LogP contribution is 2.46. The number of amides is 1. The summed E-state index contributed by atoms with van der Waals surface area (Å²) >= 11 is 0. The first-order valence-corrected chi connectivity index (χ1v) is 13.9. The Morgan fingerprint density at radius 3 is 2.39 bits per heavy atom. The van der Waals surface area contributed by atoms with E-state index < -0.39 is 21.8 Å². The van der Waals surface area contributed by atoms with Crippen molar-refractivity contribution in [3.05, 3.63) is 65.6 Å². The first-order chi connectivity index (χ1) is 18.2. The first-order valence-electron chi connectivity index (χ1n) is 12.3. The van der Waals surface area contributed by atoms with Gasteiger partial charge in [0, 0.05) is 25.1 Å². The molecule has 38 heavy (non-hydrogen) atoms. The van der Waals surface area contributed by atoms with E-state index in [-0.39, 0.29) is 18.1 Å². The molecule has 0 aromatic heterocycles. The van der Waals surface area contributed by atoms with Crippen molar-refractivity contribution >= 4 is 16.0 Å². The molecule has 0 aliphatic carbocycles. The zero-order valence-electron chi connectivity index (χ0n) is 21.7. The molecule has 0 spiro atoms. The largest absolute Gasteiger partial charge is 0.493 e. The Balaban J connectivity index is 1.54. The second kappa shape index (κ2) is 11.5. The van der Waals surface area contributed by atoms with E-state index in [2.05, 4.69) is 0 Å². The van der Waals surface area contributed by atoms with Gasteiger partial charge in [-0.15, -0.1) is 0 Å². The maximum absolute atomic E-state index is 13.6. The van der Waals surface area contributed by atoms with Gasteiger partial charge in [0.15, 0.2) is 11.5 Å². The van der Waals surface area contributed by atoms with E-state index in [1.165, 1.54) is 21.3 Å². The van der Waals surface area contributed by atoms with Crippen molar-refractivity contribution in [3.8, 4) is 17.2 Å². The summed E-state index contributed by atoms with van der Waals surface area (Å²) in [6, 6.07) is 13.0. The van der Waals surface area contributed by atoms with Crippen molar-refractivity contribution in [1.82, 2.24) is 4.90 Å². The maximum atomic E-state index is 13.6. The summed E-state index contributed by atoms with van der Waals surface area (Å²) in [6.07, 6.45) is 2.73. The van der Waals surface area contributed by atoms with Gasteiger partial charge in [0.25, 0.3) is 16.0 Å². The number of nitrogens with zero attached hydrogens (tertiary/aromatic N) is 1. The van der Waals surface area contributed by atoms with Gasteiger partial charge in [-0.3, -0.25) is 9.35 Å². The number of ether oxygens (including phenoxy) is 5. The molecule has 2 aliphatic heterocycles. The summed E-state index contributed by atoms with van der Waals surface area (Å²) in [7, 11) is 0.335. The number of carbonyl (C=O) groups is 1. The Morgan fingerprint density at radius 1 is 1.11 bits per heavy atom. The van der Waals surface area contributed by atoms with Gasteiger partial charge in [-0.1, -0.05) is 30.3 Å². The van der Waals surface area contributed by atoms with Crippen molar-refractivity contribution in [3.63, 3.8) is 0 Å². The molecule has 0 bridgehead atoms. The summed E-state index contributed by atoms with van der Waals surface area (Å²) < 4.78 is 60.3.